The van der Waals surface area contributed by atoms with Crippen molar-refractivity contribution in [2.75, 3.05) is 0 Å². The average Bonchev–Trinajstić information content (AvgIpc) is 3.56. The van der Waals surface area contributed by atoms with Gasteiger partial charge in [0.05, 0.1) is 0 Å². The lowest BCUT2D eigenvalue weighted by Crippen LogP contribution is -2.02. The number of benzene rings is 2. The highest BCUT2D eigenvalue weighted by Gasteiger charge is 2.16. The minimum absolute atomic E-state index is 0.225. The highest BCUT2D eigenvalue weighted by molar-refractivity contribution is 7.10. The third kappa shape index (κ3) is 5.27. The first-order chi connectivity index (χ1) is 18.6. The summed E-state index contributed by atoms with van der Waals surface area (Å²) in [7, 11) is 0. The predicted octanol–water partition coefficient (Wildman–Crippen LogP) is 7.85. The molecule has 4 aromatic heterocycles. The van der Waals surface area contributed by atoms with E-state index in [4.69, 9.17) is 15.0 Å². The molecule has 6 rings (SSSR count). The van der Waals surface area contributed by atoms with Gasteiger partial charge in [-0.2, -0.15) is 0 Å². The van der Waals surface area contributed by atoms with Gasteiger partial charge in [-0.1, -0.05) is 36.4 Å². The summed E-state index contributed by atoms with van der Waals surface area (Å²) < 4.78 is 28.6. The van der Waals surface area contributed by atoms with Gasteiger partial charge in [-0.15, -0.1) is 22.7 Å². The molecule has 38 heavy (non-hydrogen) atoms. The standard InChI is InChI=1S/C30H20F2N4S2/c31-24-8-11-37-26(24)16-19-13-20(17-27-25(32)9-12-38-27)15-23(14-19)30-35-28(21-5-2-1-3-6-21)34-29(36-30)22-7-4-10-33-18-22/h1-15,18H,16-17H2. The summed E-state index contributed by atoms with van der Waals surface area (Å²) in [5.74, 6) is 1.07. The molecule has 186 valence electrons. The Morgan fingerprint density at radius 1 is 0.579 bits per heavy atom. The second-order valence-corrected chi connectivity index (χ2v) is 10.7. The van der Waals surface area contributed by atoms with Crippen LogP contribution in [0.15, 0.2) is 96.0 Å². The maximum absolute atomic E-state index is 14.3. The van der Waals surface area contributed by atoms with Crippen molar-refractivity contribution in [2.45, 2.75) is 12.8 Å². The molecular weight excluding hydrogens is 518 g/mol. The fourth-order valence-electron chi connectivity index (χ4n) is 4.21. The van der Waals surface area contributed by atoms with Crippen molar-refractivity contribution in [1.82, 2.24) is 19.9 Å². The molecule has 6 aromatic rings. The Morgan fingerprint density at radius 2 is 1.13 bits per heavy atom. The smallest absolute Gasteiger partial charge is 0.165 e. The highest BCUT2D eigenvalue weighted by atomic mass is 32.1. The van der Waals surface area contributed by atoms with E-state index < -0.39 is 0 Å². The monoisotopic (exact) mass is 538 g/mol. The summed E-state index contributed by atoms with van der Waals surface area (Å²) in [6.07, 6.45) is 4.26. The summed E-state index contributed by atoms with van der Waals surface area (Å²) in [6, 6.07) is 22.4. The minimum Gasteiger partial charge on any atom is -0.264 e. The van der Waals surface area contributed by atoms with Crippen LogP contribution in [0.25, 0.3) is 34.2 Å². The van der Waals surface area contributed by atoms with Crippen LogP contribution in [0.5, 0.6) is 0 Å². The lowest BCUT2D eigenvalue weighted by molar-refractivity contribution is 0.621. The van der Waals surface area contributed by atoms with Crippen molar-refractivity contribution in [2.24, 2.45) is 0 Å². The second kappa shape index (κ2) is 10.7. The lowest BCUT2D eigenvalue weighted by Gasteiger charge is -2.11. The maximum atomic E-state index is 14.3. The molecule has 0 aliphatic rings. The number of pyridine rings is 1. The molecule has 0 bridgehead atoms. The number of rotatable bonds is 7. The third-order valence-corrected chi connectivity index (χ3v) is 7.80. The maximum Gasteiger partial charge on any atom is 0.165 e. The van der Waals surface area contributed by atoms with Crippen molar-refractivity contribution < 1.29 is 8.78 Å². The molecular formula is C30H20F2N4S2. The molecule has 0 fully saturated rings. The van der Waals surface area contributed by atoms with Crippen LogP contribution in [-0.4, -0.2) is 19.9 Å². The molecule has 0 amide bonds. The lowest BCUT2D eigenvalue weighted by atomic mass is 9.99. The zero-order valence-corrected chi connectivity index (χ0v) is 21.6. The first-order valence-electron chi connectivity index (χ1n) is 11.9. The van der Waals surface area contributed by atoms with Gasteiger partial charge < -0.3 is 0 Å². The number of hydrogen-bond donors (Lipinski definition) is 0. The summed E-state index contributed by atoms with van der Waals surface area (Å²) in [5, 5.41) is 3.49. The molecule has 0 saturated heterocycles. The molecule has 0 atom stereocenters. The van der Waals surface area contributed by atoms with Crippen LogP contribution in [0.2, 0.25) is 0 Å². The number of aromatic nitrogens is 4. The van der Waals surface area contributed by atoms with Crippen molar-refractivity contribution >= 4 is 22.7 Å². The fourth-order valence-corrected chi connectivity index (χ4v) is 5.78. The Bertz CT molecular complexity index is 1580. The largest absolute Gasteiger partial charge is 0.264 e. The van der Waals surface area contributed by atoms with Crippen LogP contribution in [0.4, 0.5) is 8.78 Å². The third-order valence-electron chi connectivity index (χ3n) is 6.01. The number of hydrogen-bond acceptors (Lipinski definition) is 6. The topological polar surface area (TPSA) is 51.6 Å². The molecule has 0 radical (unpaired) electrons. The van der Waals surface area contributed by atoms with Gasteiger partial charge in [0.2, 0.25) is 0 Å². The molecule has 0 spiro atoms. The van der Waals surface area contributed by atoms with E-state index in [0.717, 1.165) is 27.8 Å². The average molecular weight is 539 g/mol. The zero-order chi connectivity index (χ0) is 25.9. The van der Waals surface area contributed by atoms with Gasteiger partial charge in [0.1, 0.15) is 11.6 Å². The predicted molar refractivity (Wildman–Crippen MR) is 148 cm³/mol. The van der Waals surface area contributed by atoms with Gasteiger partial charge in [0.15, 0.2) is 17.5 Å². The first kappa shape index (κ1) is 24.2. The van der Waals surface area contributed by atoms with Gasteiger partial charge >= 0.3 is 0 Å². The number of halogens is 2. The van der Waals surface area contributed by atoms with Crippen LogP contribution >= 0.6 is 22.7 Å². The summed E-state index contributed by atoms with van der Waals surface area (Å²) in [6.45, 7) is 0. The van der Waals surface area contributed by atoms with Crippen LogP contribution in [0, 0.1) is 11.6 Å². The van der Waals surface area contributed by atoms with Crippen LogP contribution < -0.4 is 0 Å². The highest BCUT2D eigenvalue weighted by Crippen LogP contribution is 2.29. The van der Waals surface area contributed by atoms with E-state index in [0.29, 0.717) is 40.1 Å². The van der Waals surface area contributed by atoms with Gasteiger partial charge in [0, 0.05) is 51.7 Å². The van der Waals surface area contributed by atoms with E-state index in [9.17, 15) is 8.78 Å². The molecule has 0 aliphatic carbocycles. The molecule has 0 N–H and O–H groups in total. The van der Waals surface area contributed by atoms with E-state index in [1.54, 1.807) is 23.2 Å². The van der Waals surface area contributed by atoms with E-state index in [2.05, 4.69) is 4.98 Å². The molecule has 2 aromatic carbocycles. The summed E-state index contributed by atoms with van der Waals surface area (Å²) >= 11 is 2.76. The normalized spacial score (nSPS) is 11.1. The Balaban J connectivity index is 1.50. The molecule has 4 heterocycles. The molecule has 0 unspecified atom stereocenters. The van der Waals surface area contributed by atoms with Crippen molar-refractivity contribution in [3.05, 3.63) is 128 Å². The Kier molecular flexibility index (Phi) is 6.81. The SMILES string of the molecule is Fc1ccsc1Cc1cc(Cc2sccc2F)cc(-c2nc(-c3ccccc3)nc(-c3cccnc3)n2)c1. The second-order valence-electron chi connectivity index (χ2n) is 8.69. The van der Waals surface area contributed by atoms with E-state index >= 15 is 0 Å². The minimum atomic E-state index is -0.225. The summed E-state index contributed by atoms with van der Waals surface area (Å²) in [4.78, 5) is 19.9. The van der Waals surface area contributed by atoms with Crippen LogP contribution in [-0.2, 0) is 12.8 Å². The van der Waals surface area contributed by atoms with Gasteiger partial charge in [-0.05, 0) is 58.3 Å². The number of thiophene rings is 2. The molecule has 8 heteroatoms. The van der Waals surface area contributed by atoms with Gasteiger partial charge in [-0.25, -0.2) is 23.7 Å². The first-order valence-corrected chi connectivity index (χ1v) is 13.7. The Hall–Kier alpha value is -4.14. The molecule has 4 nitrogen and oxygen atoms in total. The van der Waals surface area contributed by atoms with E-state index in [1.807, 2.05) is 60.7 Å². The number of nitrogens with zero attached hydrogens (tertiary/aromatic N) is 4. The Morgan fingerprint density at radius 3 is 1.66 bits per heavy atom. The molecule has 0 aliphatic heterocycles. The van der Waals surface area contributed by atoms with Crippen molar-refractivity contribution in [3.8, 4) is 34.2 Å². The van der Waals surface area contributed by atoms with Crippen molar-refractivity contribution in [1.29, 1.82) is 0 Å². The van der Waals surface area contributed by atoms with Crippen LogP contribution in [0.3, 0.4) is 0 Å². The Labute approximate surface area is 226 Å². The van der Waals surface area contributed by atoms with Gasteiger partial charge in [0.25, 0.3) is 0 Å². The van der Waals surface area contributed by atoms with E-state index in [-0.39, 0.29) is 11.6 Å². The van der Waals surface area contributed by atoms with Crippen molar-refractivity contribution in [3.63, 3.8) is 0 Å². The quantitative estimate of drug-likeness (QED) is 0.208. The van der Waals surface area contributed by atoms with E-state index in [1.165, 1.54) is 34.8 Å². The summed E-state index contributed by atoms with van der Waals surface area (Å²) in [5.41, 5.74) is 4.20. The molecule has 0 saturated carbocycles. The zero-order valence-electron chi connectivity index (χ0n) is 20.0. The van der Waals surface area contributed by atoms with Crippen LogP contribution in [0.1, 0.15) is 20.9 Å². The fraction of sp³-hybridized carbons (Fsp3) is 0.0667. The van der Waals surface area contributed by atoms with Gasteiger partial charge in [-0.3, -0.25) is 4.98 Å².